The second kappa shape index (κ2) is 12.5. The summed E-state index contributed by atoms with van der Waals surface area (Å²) in [7, 11) is 0. The lowest BCUT2D eigenvalue weighted by Crippen LogP contribution is -2.11. The van der Waals surface area contributed by atoms with Gasteiger partial charge >= 0.3 is 5.97 Å². The van der Waals surface area contributed by atoms with Gasteiger partial charge in [-0.25, -0.2) is 9.78 Å². The van der Waals surface area contributed by atoms with Crippen molar-refractivity contribution < 1.29 is 19.4 Å². The number of rotatable bonds is 8. The molecule has 1 amide bonds. The van der Waals surface area contributed by atoms with Crippen molar-refractivity contribution in [3.63, 3.8) is 0 Å². The van der Waals surface area contributed by atoms with E-state index in [1.807, 2.05) is 31.2 Å². The zero-order valence-corrected chi connectivity index (χ0v) is 19.4. The van der Waals surface area contributed by atoms with E-state index in [9.17, 15) is 9.59 Å². The van der Waals surface area contributed by atoms with Crippen molar-refractivity contribution in [2.24, 2.45) is 0 Å². The number of nitrogens with two attached hydrogens (primary N) is 1. The molecule has 0 aliphatic rings. The number of nitrogens with zero attached hydrogens (tertiary/aromatic N) is 1. The second-order valence-corrected chi connectivity index (χ2v) is 8.10. The van der Waals surface area contributed by atoms with Crippen LogP contribution >= 0.6 is 11.3 Å². The van der Waals surface area contributed by atoms with E-state index in [1.165, 1.54) is 12.8 Å². The molecule has 7 nitrogen and oxygen atoms in total. The quantitative estimate of drug-likeness (QED) is 0.303. The molecule has 8 heteroatoms. The summed E-state index contributed by atoms with van der Waals surface area (Å²) in [6.45, 7) is 6.54. The van der Waals surface area contributed by atoms with E-state index in [-0.39, 0.29) is 10.8 Å². The summed E-state index contributed by atoms with van der Waals surface area (Å²) in [5.41, 5.74) is 8.62. The lowest BCUT2D eigenvalue weighted by Gasteiger charge is -2.09. The number of hydrogen-bond acceptors (Lipinski definition) is 6. The number of nitrogens with one attached hydrogen (secondary N) is 1. The lowest BCUT2D eigenvalue weighted by molar-refractivity contribution is 0.0701. The van der Waals surface area contributed by atoms with E-state index in [1.54, 1.807) is 31.2 Å². The highest BCUT2D eigenvalue weighted by atomic mass is 32.1. The van der Waals surface area contributed by atoms with Crippen molar-refractivity contribution >= 4 is 34.0 Å². The Kier molecular flexibility index (Phi) is 9.69. The van der Waals surface area contributed by atoms with E-state index >= 15 is 0 Å². The van der Waals surface area contributed by atoms with E-state index in [0.717, 1.165) is 41.4 Å². The van der Waals surface area contributed by atoms with Gasteiger partial charge in [0.2, 0.25) is 0 Å². The van der Waals surface area contributed by atoms with Crippen LogP contribution in [0, 0.1) is 13.8 Å². The Balaban J connectivity index is 0.000000235. The van der Waals surface area contributed by atoms with E-state index in [0.29, 0.717) is 16.4 Å². The van der Waals surface area contributed by atoms with Gasteiger partial charge in [0.25, 0.3) is 5.91 Å². The molecule has 3 rings (SSSR count). The van der Waals surface area contributed by atoms with Crippen LogP contribution in [0.2, 0.25) is 0 Å². The summed E-state index contributed by atoms with van der Waals surface area (Å²) >= 11 is 0.948. The number of aromatic carboxylic acids is 1. The minimum atomic E-state index is -1.04. The van der Waals surface area contributed by atoms with Gasteiger partial charge in [-0.3, -0.25) is 10.1 Å². The smallest absolute Gasteiger partial charge is 0.347 e. The van der Waals surface area contributed by atoms with Crippen molar-refractivity contribution in [2.45, 2.75) is 40.0 Å². The van der Waals surface area contributed by atoms with Crippen LogP contribution < -0.4 is 15.8 Å². The van der Waals surface area contributed by atoms with Gasteiger partial charge in [-0.1, -0.05) is 61.4 Å². The van der Waals surface area contributed by atoms with Gasteiger partial charge in [0.15, 0.2) is 5.13 Å². The number of aromatic nitrogens is 1. The van der Waals surface area contributed by atoms with Gasteiger partial charge < -0.3 is 15.6 Å². The molecule has 170 valence electrons. The summed E-state index contributed by atoms with van der Waals surface area (Å²) in [4.78, 5) is 26.8. The van der Waals surface area contributed by atoms with Crippen molar-refractivity contribution in [1.82, 2.24) is 4.98 Å². The first-order valence-electron chi connectivity index (χ1n) is 10.4. The fraction of sp³-hybridized carbons (Fsp3) is 0.292. The molecule has 0 unspecified atom stereocenters. The number of carbonyl (C=O) groups is 2. The minimum absolute atomic E-state index is 0.137. The Bertz CT molecular complexity index is 1030. The molecule has 4 N–H and O–H groups in total. The highest BCUT2D eigenvalue weighted by molar-refractivity contribution is 7.17. The van der Waals surface area contributed by atoms with E-state index < -0.39 is 5.97 Å². The molecule has 0 spiro atoms. The zero-order valence-electron chi connectivity index (χ0n) is 18.6. The van der Waals surface area contributed by atoms with E-state index in [2.05, 4.69) is 17.2 Å². The highest BCUT2D eigenvalue weighted by Gasteiger charge is 2.15. The number of carboxylic acid groups (broad SMARTS) is 1. The summed E-state index contributed by atoms with van der Waals surface area (Å²) in [5.74, 6) is -0.521. The van der Waals surface area contributed by atoms with Gasteiger partial charge in [-0.2, -0.15) is 0 Å². The van der Waals surface area contributed by atoms with Gasteiger partial charge in [-0.05, 0) is 44.0 Å². The van der Waals surface area contributed by atoms with Crippen LogP contribution in [0.3, 0.4) is 0 Å². The third-order valence-corrected chi connectivity index (χ3v) is 5.60. The first-order valence-corrected chi connectivity index (χ1v) is 11.2. The van der Waals surface area contributed by atoms with Crippen molar-refractivity contribution in [3.05, 3.63) is 70.2 Å². The summed E-state index contributed by atoms with van der Waals surface area (Å²) in [5, 5.41) is 11.8. The monoisotopic (exact) mass is 455 g/mol. The summed E-state index contributed by atoms with van der Waals surface area (Å²) < 4.78 is 5.59. The molecule has 32 heavy (non-hydrogen) atoms. The number of amides is 1. The maximum Gasteiger partial charge on any atom is 0.347 e. The Morgan fingerprint density at radius 1 is 1.09 bits per heavy atom. The molecule has 3 aromatic rings. The van der Waals surface area contributed by atoms with Crippen molar-refractivity contribution in [2.75, 3.05) is 17.7 Å². The zero-order chi connectivity index (χ0) is 23.5. The van der Waals surface area contributed by atoms with Crippen molar-refractivity contribution in [1.29, 1.82) is 0 Å². The molecule has 0 radical (unpaired) electrons. The number of unbranched alkanes of at least 4 members (excludes halogenated alkanes) is 2. The fourth-order valence-electron chi connectivity index (χ4n) is 2.72. The number of ether oxygens (including phenoxy) is 1. The number of hydrogen-bond donors (Lipinski definition) is 3. The molecule has 1 heterocycles. The van der Waals surface area contributed by atoms with Crippen LogP contribution in [-0.2, 0) is 0 Å². The van der Waals surface area contributed by atoms with Gasteiger partial charge in [0.1, 0.15) is 10.6 Å². The molecule has 1 aromatic heterocycles. The SMILES string of the molecule is CCCCCOc1cccc(C)c1N.Cc1nc(NC(=O)c2ccccc2)sc1C(=O)O. The molecule has 0 bridgehead atoms. The normalized spacial score (nSPS) is 10.1. The Morgan fingerprint density at radius 2 is 1.81 bits per heavy atom. The third kappa shape index (κ3) is 7.39. The maximum absolute atomic E-state index is 11.8. The molecule has 0 aliphatic carbocycles. The first kappa shape index (κ1) is 24.9. The second-order valence-electron chi connectivity index (χ2n) is 7.10. The minimum Gasteiger partial charge on any atom is -0.491 e. The van der Waals surface area contributed by atoms with Crippen molar-refractivity contribution in [3.8, 4) is 5.75 Å². The predicted molar refractivity (Wildman–Crippen MR) is 129 cm³/mol. The standard InChI is InChI=1S/C12H10N2O3S.C12H19NO/c1-7-9(11(16)17)18-12(13-7)14-10(15)8-5-3-2-4-6-8;1-3-4-5-9-14-11-8-6-7-10(2)12(11)13/h2-6H,1H3,(H,16,17)(H,13,14,15);6-8H,3-5,9,13H2,1-2H3. The maximum atomic E-state index is 11.8. The van der Waals surface area contributed by atoms with Crippen LogP contribution in [0.25, 0.3) is 0 Å². The predicted octanol–water partition coefficient (Wildman–Crippen LogP) is 5.55. The molecular formula is C24H29N3O4S. The number of anilines is 2. The number of nitrogen functional groups attached to an aromatic ring is 1. The number of thiazole rings is 1. The van der Waals surface area contributed by atoms with Gasteiger partial charge in [0.05, 0.1) is 18.0 Å². The summed E-state index contributed by atoms with van der Waals surface area (Å²) in [6.07, 6.45) is 3.53. The number of benzene rings is 2. The average Bonchev–Trinajstić information content (AvgIpc) is 3.15. The van der Waals surface area contributed by atoms with Crippen LogP contribution in [0.1, 0.15) is 57.5 Å². The number of aryl methyl sites for hydroxylation is 2. The summed E-state index contributed by atoms with van der Waals surface area (Å²) in [6, 6.07) is 14.6. The molecule has 0 aliphatic heterocycles. The number of carboxylic acids is 1. The molecular weight excluding hydrogens is 426 g/mol. The largest absolute Gasteiger partial charge is 0.491 e. The van der Waals surface area contributed by atoms with E-state index in [4.69, 9.17) is 15.6 Å². The molecule has 0 fully saturated rings. The van der Waals surface area contributed by atoms with Crippen LogP contribution in [0.15, 0.2) is 48.5 Å². The lowest BCUT2D eigenvalue weighted by atomic mass is 10.2. The Labute approximate surface area is 192 Å². The Morgan fingerprint density at radius 3 is 2.44 bits per heavy atom. The topological polar surface area (TPSA) is 115 Å². The molecule has 2 aromatic carbocycles. The van der Waals surface area contributed by atoms with Crippen LogP contribution in [-0.4, -0.2) is 28.6 Å². The molecule has 0 atom stereocenters. The first-order chi connectivity index (χ1) is 15.3. The molecule has 0 saturated carbocycles. The highest BCUT2D eigenvalue weighted by Crippen LogP contribution is 2.24. The number of carbonyl (C=O) groups excluding carboxylic acids is 1. The average molecular weight is 456 g/mol. The Hall–Kier alpha value is -3.39. The van der Waals surface area contributed by atoms with Crippen LogP contribution in [0.4, 0.5) is 10.8 Å². The van der Waals surface area contributed by atoms with Gasteiger partial charge in [-0.15, -0.1) is 0 Å². The number of para-hydroxylation sites is 1. The fourth-order valence-corrected chi connectivity index (χ4v) is 3.52. The molecule has 0 saturated heterocycles. The van der Waals surface area contributed by atoms with Gasteiger partial charge in [0, 0.05) is 5.56 Å². The third-order valence-electron chi connectivity index (χ3n) is 4.54. The van der Waals surface area contributed by atoms with Crippen LogP contribution in [0.5, 0.6) is 5.75 Å².